The number of hydrogen-bond donors (Lipinski definition) is 1. The molecule has 5 heteroatoms. The lowest BCUT2D eigenvalue weighted by atomic mass is 10.2. The molecule has 22 heavy (non-hydrogen) atoms. The number of nitrogens with one attached hydrogen (secondary N) is 1. The number of amides is 1. The number of fused-ring (bicyclic) bond motifs is 1. The summed E-state index contributed by atoms with van der Waals surface area (Å²) in [5.41, 5.74) is 3.15. The van der Waals surface area contributed by atoms with E-state index in [2.05, 4.69) is 21.8 Å². The minimum Gasteiger partial charge on any atom is -0.355 e. The van der Waals surface area contributed by atoms with Gasteiger partial charge in [-0.3, -0.25) is 9.36 Å². The van der Waals surface area contributed by atoms with Gasteiger partial charge in [0.05, 0.1) is 21.6 Å². The maximum Gasteiger partial charge on any atom is 0.252 e. The van der Waals surface area contributed by atoms with Crippen LogP contribution in [0.5, 0.6) is 0 Å². The molecule has 0 radical (unpaired) electrons. The zero-order valence-corrected chi connectivity index (χ0v) is 13.2. The lowest BCUT2D eigenvalue weighted by Gasteiger charge is -2.09. The van der Waals surface area contributed by atoms with Crippen LogP contribution in [-0.4, -0.2) is 22.5 Å². The van der Waals surface area contributed by atoms with Crippen molar-refractivity contribution < 1.29 is 4.79 Å². The maximum absolute atomic E-state index is 11.9. The molecule has 0 saturated heterocycles. The van der Waals surface area contributed by atoms with Crippen LogP contribution in [0.4, 0.5) is 0 Å². The first-order valence-corrected chi connectivity index (χ1v) is 7.52. The molecule has 1 amide bonds. The number of aryl methyl sites for hydroxylation is 1. The normalized spacial score (nSPS) is 10.9. The molecule has 0 aliphatic rings. The summed E-state index contributed by atoms with van der Waals surface area (Å²) in [5, 5.41) is 3.02. The Bertz CT molecular complexity index is 840. The molecular weight excluding hydrogens is 298 g/mol. The van der Waals surface area contributed by atoms with Gasteiger partial charge in [0.25, 0.3) is 5.91 Å². The number of benzene rings is 2. The molecule has 3 rings (SSSR count). The fraction of sp³-hybridized carbons (Fsp3) is 0.176. The SMILES string of the molecule is CCc1nc2cc(C(=O)NC)c(Cl)cc2n1-c1ccccc1. The molecule has 1 N–H and O–H groups in total. The lowest BCUT2D eigenvalue weighted by molar-refractivity contribution is 0.0963. The summed E-state index contributed by atoms with van der Waals surface area (Å²) in [6.07, 6.45) is 0.788. The number of imidazole rings is 1. The van der Waals surface area contributed by atoms with Crippen molar-refractivity contribution in [3.63, 3.8) is 0 Å². The van der Waals surface area contributed by atoms with E-state index in [1.54, 1.807) is 19.2 Å². The first kappa shape index (κ1) is 14.6. The molecule has 0 fully saturated rings. The summed E-state index contributed by atoms with van der Waals surface area (Å²) in [6.45, 7) is 2.06. The van der Waals surface area contributed by atoms with Crippen LogP contribution >= 0.6 is 11.6 Å². The van der Waals surface area contributed by atoms with Gasteiger partial charge in [-0.25, -0.2) is 4.98 Å². The van der Waals surface area contributed by atoms with E-state index < -0.39 is 0 Å². The van der Waals surface area contributed by atoms with Gasteiger partial charge in [0.2, 0.25) is 0 Å². The second kappa shape index (κ2) is 5.81. The summed E-state index contributed by atoms with van der Waals surface area (Å²) in [5.74, 6) is 0.727. The fourth-order valence-corrected chi connectivity index (χ4v) is 2.80. The van der Waals surface area contributed by atoms with Crippen molar-refractivity contribution in [2.75, 3.05) is 7.05 Å². The van der Waals surface area contributed by atoms with E-state index in [-0.39, 0.29) is 5.91 Å². The standard InChI is InChI=1S/C17H16ClN3O/c1-3-16-20-14-9-12(17(22)19-2)13(18)10-15(14)21(16)11-7-5-4-6-8-11/h4-10H,3H2,1-2H3,(H,19,22). The maximum atomic E-state index is 11.9. The largest absolute Gasteiger partial charge is 0.355 e. The van der Waals surface area contributed by atoms with Crippen LogP contribution in [0.25, 0.3) is 16.7 Å². The molecule has 0 atom stereocenters. The van der Waals surface area contributed by atoms with Crippen molar-refractivity contribution in [3.8, 4) is 5.69 Å². The van der Waals surface area contributed by atoms with E-state index in [4.69, 9.17) is 11.6 Å². The molecular formula is C17H16ClN3O. The summed E-state index contributed by atoms with van der Waals surface area (Å²) >= 11 is 6.29. The highest BCUT2D eigenvalue weighted by Gasteiger charge is 2.16. The van der Waals surface area contributed by atoms with Crippen LogP contribution < -0.4 is 5.32 Å². The predicted octanol–water partition coefficient (Wildman–Crippen LogP) is 3.60. The average molecular weight is 314 g/mol. The number of carbonyl (C=O) groups is 1. The van der Waals surface area contributed by atoms with Crippen LogP contribution in [-0.2, 0) is 6.42 Å². The smallest absolute Gasteiger partial charge is 0.252 e. The van der Waals surface area contributed by atoms with Gasteiger partial charge < -0.3 is 5.32 Å². The molecule has 0 aliphatic carbocycles. The summed E-state index contributed by atoms with van der Waals surface area (Å²) in [4.78, 5) is 16.5. The Morgan fingerprint density at radius 1 is 1.27 bits per heavy atom. The highest BCUT2D eigenvalue weighted by atomic mass is 35.5. The average Bonchev–Trinajstić information content (AvgIpc) is 2.91. The topological polar surface area (TPSA) is 46.9 Å². The van der Waals surface area contributed by atoms with Gasteiger partial charge in [0.1, 0.15) is 5.82 Å². The van der Waals surface area contributed by atoms with Gasteiger partial charge in [-0.1, -0.05) is 36.7 Å². The number of aromatic nitrogens is 2. The quantitative estimate of drug-likeness (QED) is 0.803. The van der Waals surface area contributed by atoms with E-state index in [9.17, 15) is 4.79 Å². The molecule has 0 bridgehead atoms. The summed E-state index contributed by atoms with van der Waals surface area (Å²) in [6, 6.07) is 13.6. The molecule has 0 saturated carbocycles. The van der Waals surface area contributed by atoms with Gasteiger partial charge >= 0.3 is 0 Å². The van der Waals surface area contributed by atoms with Crippen LogP contribution in [0.1, 0.15) is 23.1 Å². The third kappa shape index (κ3) is 2.35. The van der Waals surface area contributed by atoms with Crippen LogP contribution in [0.2, 0.25) is 5.02 Å². The van der Waals surface area contributed by atoms with Crippen molar-refractivity contribution in [2.45, 2.75) is 13.3 Å². The molecule has 0 unspecified atom stereocenters. The van der Waals surface area contributed by atoms with Crippen molar-refractivity contribution in [1.29, 1.82) is 0 Å². The van der Waals surface area contributed by atoms with Crippen LogP contribution in [0, 0.1) is 0 Å². The summed E-state index contributed by atoms with van der Waals surface area (Å²) in [7, 11) is 1.59. The Morgan fingerprint density at radius 2 is 2.00 bits per heavy atom. The van der Waals surface area contributed by atoms with Gasteiger partial charge in [-0.15, -0.1) is 0 Å². The Balaban J connectivity index is 2.29. The predicted molar refractivity (Wildman–Crippen MR) is 88.8 cm³/mol. The molecule has 2 aromatic carbocycles. The van der Waals surface area contributed by atoms with E-state index in [1.165, 1.54) is 0 Å². The van der Waals surface area contributed by atoms with Crippen molar-refractivity contribution in [2.24, 2.45) is 0 Å². The van der Waals surface area contributed by atoms with E-state index >= 15 is 0 Å². The van der Waals surface area contributed by atoms with E-state index in [1.807, 2.05) is 30.3 Å². The summed E-state index contributed by atoms with van der Waals surface area (Å²) < 4.78 is 2.08. The zero-order chi connectivity index (χ0) is 15.7. The van der Waals surface area contributed by atoms with Crippen molar-refractivity contribution >= 4 is 28.5 Å². The van der Waals surface area contributed by atoms with Crippen molar-refractivity contribution in [1.82, 2.24) is 14.9 Å². The van der Waals surface area contributed by atoms with Gasteiger partial charge in [0, 0.05) is 19.2 Å². The second-order valence-corrected chi connectivity index (χ2v) is 5.36. The molecule has 1 aromatic heterocycles. The second-order valence-electron chi connectivity index (χ2n) is 4.95. The Kier molecular flexibility index (Phi) is 3.86. The zero-order valence-electron chi connectivity index (χ0n) is 12.4. The van der Waals surface area contributed by atoms with Crippen molar-refractivity contribution in [3.05, 3.63) is 58.9 Å². The molecule has 0 spiro atoms. The fourth-order valence-electron chi connectivity index (χ4n) is 2.56. The molecule has 1 heterocycles. The third-order valence-electron chi connectivity index (χ3n) is 3.62. The first-order valence-electron chi connectivity index (χ1n) is 7.14. The number of halogens is 1. The number of rotatable bonds is 3. The Hall–Kier alpha value is -2.33. The number of hydrogen-bond acceptors (Lipinski definition) is 2. The molecule has 4 nitrogen and oxygen atoms in total. The molecule has 0 aliphatic heterocycles. The van der Waals surface area contributed by atoms with E-state index in [0.717, 1.165) is 29.0 Å². The first-order chi connectivity index (χ1) is 10.7. The third-order valence-corrected chi connectivity index (χ3v) is 3.93. The van der Waals surface area contributed by atoms with Gasteiger partial charge in [-0.05, 0) is 24.3 Å². The Morgan fingerprint density at radius 3 is 2.64 bits per heavy atom. The van der Waals surface area contributed by atoms with Crippen LogP contribution in [0.15, 0.2) is 42.5 Å². The number of carbonyl (C=O) groups excluding carboxylic acids is 1. The monoisotopic (exact) mass is 313 g/mol. The number of nitrogens with zero attached hydrogens (tertiary/aromatic N) is 2. The highest BCUT2D eigenvalue weighted by Crippen LogP contribution is 2.27. The van der Waals surface area contributed by atoms with Gasteiger partial charge in [0.15, 0.2) is 0 Å². The number of para-hydroxylation sites is 1. The van der Waals surface area contributed by atoms with E-state index in [0.29, 0.717) is 10.6 Å². The highest BCUT2D eigenvalue weighted by molar-refractivity contribution is 6.34. The minimum atomic E-state index is -0.209. The Labute approximate surface area is 133 Å². The molecule has 112 valence electrons. The van der Waals surface area contributed by atoms with Gasteiger partial charge in [-0.2, -0.15) is 0 Å². The lowest BCUT2D eigenvalue weighted by Crippen LogP contribution is -2.18. The van der Waals surface area contributed by atoms with Crippen LogP contribution in [0.3, 0.4) is 0 Å². The minimum absolute atomic E-state index is 0.209. The molecule has 3 aromatic rings.